The summed E-state index contributed by atoms with van der Waals surface area (Å²) in [6.45, 7) is 2.65. The van der Waals surface area contributed by atoms with Crippen molar-refractivity contribution in [3.05, 3.63) is 46.2 Å². The van der Waals surface area contributed by atoms with Gasteiger partial charge in [-0.3, -0.25) is 9.59 Å². The van der Waals surface area contributed by atoms with Gasteiger partial charge in [-0.25, -0.2) is 0 Å². The lowest BCUT2D eigenvalue weighted by Gasteiger charge is -2.09. The van der Waals surface area contributed by atoms with Gasteiger partial charge >= 0.3 is 0 Å². The van der Waals surface area contributed by atoms with Gasteiger partial charge in [-0.1, -0.05) is 25.1 Å². The maximum atomic E-state index is 11.9. The summed E-state index contributed by atoms with van der Waals surface area (Å²) in [7, 11) is 0. The number of hydrogen-bond acceptors (Lipinski definition) is 2. The van der Waals surface area contributed by atoms with E-state index in [1.807, 2.05) is 31.2 Å². The lowest BCUT2D eigenvalue weighted by atomic mass is 10.1. The summed E-state index contributed by atoms with van der Waals surface area (Å²) in [6, 6.07) is 9.26. The average molecular weight is 215 g/mol. The second-order valence-electron chi connectivity index (χ2n) is 3.73. The molecule has 16 heavy (non-hydrogen) atoms. The molecule has 0 bridgehead atoms. The maximum absolute atomic E-state index is 11.9. The quantitative estimate of drug-likeness (QED) is 0.736. The molecule has 0 aliphatic heterocycles. The van der Waals surface area contributed by atoms with Crippen LogP contribution < -0.4 is 5.56 Å². The zero-order chi connectivity index (χ0) is 11.5. The maximum Gasteiger partial charge on any atom is 0.261 e. The Hall–Kier alpha value is -1.90. The second-order valence-corrected chi connectivity index (χ2v) is 3.73. The summed E-state index contributed by atoms with van der Waals surface area (Å²) < 4.78 is 1.67. The van der Waals surface area contributed by atoms with Gasteiger partial charge in [-0.05, 0) is 23.9 Å². The minimum Gasteiger partial charge on any atom is -0.308 e. The Balaban J connectivity index is 2.85. The fourth-order valence-corrected chi connectivity index (χ4v) is 1.88. The number of aryl methyl sites for hydroxylation is 1. The van der Waals surface area contributed by atoms with Gasteiger partial charge in [0.2, 0.25) is 0 Å². The molecule has 0 saturated heterocycles. The highest BCUT2D eigenvalue weighted by molar-refractivity contribution is 5.86. The molecule has 82 valence electrons. The number of para-hydroxylation sites is 1. The predicted octanol–water partition coefficient (Wildman–Crippen LogP) is 2.22. The van der Waals surface area contributed by atoms with Gasteiger partial charge in [0.25, 0.3) is 5.56 Å². The third kappa shape index (κ3) is 1.65. The summed E-state index contributed by atoms with van der Waals surface area (Å²) >= 11 is 0. The highest BCUT2D eigenvalue weighted by Gasteiger charge is 2.07. The topological polar surface area (TPSA) is 39.1 Å². The van der Waals surface area contributed by atoms with Crippen molar-refractivity contribution in [2.45, 2.75) is 19.9 Å². The van der Waals surface area contributed by atoms with Gasteiger partial charge < -0.3 is 4.57 Å². The van der Waals surface area contributed by atoms with Crippen molar-refractivity contribution < 1.29 is 4.79 Å². The molecule has 0 saturated carbocycles. The standard InChI is InChI=1S/C13H13NO2/c1-2-7-14-12-6-4-3-5-10(12)8-11(9-15)13(14)16/h3-6,8-9H,2,7H2,1H3. The van der Waals surface area contributed by atoms with Crippen molar-refractivity contribution in [3.8, 4) is 0 Å². The SMILES string of the molecule is CCCn1c(=O)c(C=O)cc2ccccc21. The number of hydrogen-bond donors (Lipinski definition) is 0. The number of nitrogens with zero attached hydrogens (tertiary/aromatic N) is 1. The number of benzene rings is 1. The third-order valence-electron chi connectivity index (χ3n) is 2.60. The molecule has 0 amide bonds. The van der Waals surface area contributed by atoms with E-state index in [2.05, 4.69) is 0 Å². The first-order chi connectivity index (χ1) is 7.77. The second kappa shape index (κ2) is 4.31. The lowest BCUT2D eigenvalue weighted by molar-refractivity contribution is 0.112. The van der Waals surface area contributed by atoms with Crippen LogP contribution >= 0.6 is 0 Å². The summed E-state index contributed by atoms with van der Waals surface area (Å²) in [4.78, 5) is 22.7. The molecule has 1 aromatic heterocycles. The van der Waals surface area contributed by atoms with E-state index in [4.69, 9.17) is 0 Å². The van der Waals surface area contributed by atoms with Crippen LogP contribution in [0.3, 0.4) is 0 Å². The molecule has 0 N–H and O–H groups in total. The van der Waals surface area contributed by atoms with Crippen molar-refractivity contribution in [2.24, 2.45) is 0 Å². The van der Waals surface area contributed by atoms with Crippen LogP contribution in [-0.4, -0.2) is 10.9 Å². The average Bonchev–Trinajstić information content (AvgIpc) is 2.32. The Labute approximate surface area is 93.3 Å². The minimum absolute atomic E-state index is 0.199. The van der Waals surface area contributed by atoms with E-state index in [-0.39, 0.29) is 11.1 Å². The number of pyridine rings is 1. The molecule has 0 atom stereocenters. The Morgan fingerprint density at radius 1 is 1.31 bits per heavy atom. The molecule has 0 aliphatic carbocycles. The first kappa shape index (κ1) is 10.6. The molecule has 2 aromatic rings. The first-order valence-corrected chi connectivity index (χ1v) is 5.35. The molecule has 0 spiro atoms. The van der Waals surface area contributed by atoms with Gasteiger partial charge in [0.05, 0.1) is 11.1 Å². The van der Waals surface area contributed by atoms with Gasteiger partial charge in [0.1, 0.15) is 0 Å². The van der Waals surface area contributed by atoms with Crippen LogP contribution in [0.1, 0.15) is 23.7 Å². The van der Waals surface area contributed by atoms with Gasteiger partial charge in [0, 0.05) is 6.54 Å². The Morgan fingerprint density at radius 2 is 2.06 bits per heavy atom. The number of carbonyl (C=O) groups is 1. The Bertz CT molecular complexity index is 584. The van der Waals surface area contributed by atoms with E-state index in [0.29, 0.717) is 12.8 Å². The van der Waals surface area contributed by atoms with Crippen LogP contribution in [0.5, 0.6) is 0 Å². The van der Waals surface area contributed by atoms with E-state index in [1.54, 1.807) is 10.6 Å². The molecule has 1 aromatic carbocycles. The Kier molecular flexibility index (Phi) is 2.86. The van der Waals surface area contributed by atoms with Crippen LogP contribution in [0.15, 0.2) is 35.1 Å². The summed E-state index contributed by atoms with van der Waals surface area (Å²) in [5.41, 5.74) is 0.919. The molecule has 0 fully saturated rings. The monoisotopic (exact) mass is 215 g/mol. The van der Waals surface area contributed by atoms with E-state index in [9.17, 15) is 9.59 Å². The molecule has 3 nitrogen and oxygen atoms in total. The third-order valence-corrected chi connectivity index (χ3v) is 2.60. The molecule has 0 unspecified atom stereocenters. The van der Waals surface area contributed by atoms with Crippen molar-refractivity contribution in [2.75, 3.05) is 0 Å². The van der Waals surface area contributed by atoms with Crippen molar-refractivity contribution in [3.63, 3.8) is 0 Å². The number of aldehydes is 1. The number of fused-ring (bicyclic) bond motifs is 1. The minimum atomic E-state index is -0.199. The Morgan fingerprint density at radius 3 is 2.75 bits per heavy atom. The fraction of sp³-hybridized carbons (Fsp3) is 0.231. The van der Waals surface area contributed by atoms with Gasteiger partial charge in [-0.15, -0.1) is 0 Å². The molecule has 0 aliphatic rings. The van der Waals surface area contributed by atoms with Gasteiger partial charge in [-0.2, -0.15) is 0 Å². The first-order valence-electron chi connectivity index (χ1n) is 5.35. The zero-order valence-corrected chi connectivity index (χ0v) is 9.14. The van der Waals surface area contributed by atoms with E-state index < -0.39 is 0 Å². The van der Waals surface area contributed by atoms with Crippen molar-refractivity contribution >= 4 is 17.2 Å². The van der Waals surface area contributed by atoms with Crippen molar-refractivity contribution in [1.29, 1.82) is 0 Å². The van der Waals surface area contributed by atoms with Crippen LogP contribution in [0.4, 0.5) is 0 Å². The van der Waals surface area contributed by atoms with E-state index >= 15 is 0 Å². The largest absolute Gasteiger partial charge is 0.308 e. The molecule has 1 heterocycles. The fourth-order valence-electron chi connectivity index (χ4n) is 1.88. The van der Waals surface area contributed by atoms with E-state index in [0.717, 1.165) is 17.3 Å². The lowest BCUT2D eigenvalue weighted by Crippen LogP contribution is -2.23. The molecule has 2 rings (SSSR count). The molecular weight excluding hydrogens is 202 g/mol. The van der Waals surface area contributed by atoms with E-state index in [1.165, 1.54) is 0 Å². The summed E-state index contributed by atoms with van der Waals surface area (Å²) in [5.74, 6) is 0. The molecule has 3 heteroatoms. The number of rotatable bonds is 3. The van der Waals surface area contributed by atoms with Crippen molar-refractivity contribution in [1.82, 2.24) is 4.57 Å². The highest BCUT2D eigenvalue weighted by atomic mass is 16.1. The number of aromatic nitrogens is 1. The molecule has 0 radical (unpaired) electrons. The summed E-state index contributed by atoms with van der Waals surface area (Å²) in [6.07, 6.45) is 1.49. The predicted molar refractivity (Wildman–Crippen MR) is 63.9 cm³/mol. The smallest absolute Gasteiger partial charge is 0.261 e. The summed E-state index contributed by atoms with van der Waals surface area (Å²) in [5, 5.41) is 0.928. The van der Waals surface area contributed by atoms with Crippen LogP contribution in [-0.2, 0) is 6.54 Å². The van der Waals surface area contributed by atoms with Crippen LogP contribution in [0.25, 0.3) is 10.9 Å². The van der Waals surface area contributed by atoms with Crippen LogP contribution in [0.2, 0.25) is 0 Å². The number of carbonyl (C=O) groups excluding carboxylic acids is 1. The normalized spacial score (nSPS) is 10.6. The zero-order valence-electron chi connectivity index (χ0n) is 9.14. The van der Waals surface area contributed by atoms with Gasteiger partial charge in [0.15, 0.2) is 6.29 Å². The highest BCUT2D eigenvalue weighted by Crippen LogP contribution is 2.12. The molecular formula is C13H13NO2. The van der Waals surface area contributed by atoms with Crippen LogP contribution in [0, 0.1) is 0 Å².